The summed E-state index contributed by atoms with van der Waals surface area (Å²) in [5.41, 5.74) is 2.06. The molecular formula is C17H23NO4. The molecule has 0 radical (unpaired) electrons. The van der Waals surface area contributed by atoms with Crippen LogP contribution in [-0.4, -0.2) is 41.6 Å². The van der Waals surface area contributed by atoms with Crippen molar-refractivity contribution in [1.82, 2.24) is 4.90 Å². The van der Waals surface area contributed by atoms with Gasteiger partial charge in [0.15, 0.2) is 6.61 Å². The second kappa shape index (κ2) is 6.81. The molecular weight excluding hydrogens is 282 g/mol. The van der Waals surface area contributed by atoms with E-state index in [0.29, 0.717) is 18.7 Å². The Kier molecular flexibility index (Phi) is 5.06. The lowest BCUT2D eigenvalue weighted by molar-refractivity contribution is -0.147. The summed E-state index contributed by atoms with van der Waals surface area (Å²) in [6.07, 6.45) is 0.622. The molecule has 1 N–H and O–H groups in total. The van der Waals surface area contributed by atoms with E-state index in [-0.39, 0.29) is 25.0 Å². The molecule has 0 saturated carbocycles. The number of aryl methyl sites for hydroxylation is 2. The maximum absolute atomic E-state index is 12.3. The summed E-state index contributed by atoms with van der Waals surface area (Å²) in [6.45, 7) is 6.69. The van der Waals surface area contributed by atoms with Gasteiger partial charge in [-0.1, -0.05) is 19.1 Å². The molecule has 1 aromatic rings. The first kappa shape index (κ1) is 16.3. The molecule has 2 rings (SSSR count). The number of amides is 1. The van der Waals surface area contributed by atoms with Crippen molar-refractivity contribution in [3.05, 3.63) is 29.3 Å². The number of carboxylic acid groups (broad SMARTS) is 1. The second-order valence-electron chi connectivity index (χ2n) is 6.23. The number of ether oxygens (including phenoxy) is 1. The van der Waals surface area contributed by atoms with E-state index in [1.807, 2.05) is 39.0 Å². The molecule has 22 heavy (non-hydrogen) atoms. The van der Waals surface area contributed by atoms with Crippen molar-refractivity contribution < 1.29 is 19.4 Å². The first-order valence-corrected chi connectivity index (χ1v) is 7.57. The molecule has 0 aliphatic carbocycles. The summed E-state index contributed by atoms with van der Waals surface area (Å²) in [7, 11) is 0. The third-order valence-corrected chi connectivity index (χ3v) is 4.06. The van der Waals surface area contributed by atoms with Gasteiger partial charge in [0.05, 0.1) is 5.92 Å². The van der Waals surface area contributed by atoms with Crippen LogP contribution in [0.15, 0.2) is 18.2 Å². The van der Waals surface area contributed by atoms with Crippen LogP contribution in [0.25, 0.3) is 0 Å². The maximum atomic E-state index is 12.3. The molecule has 120 valence electrons. The topological polar surface area (TPSA) is 66.8 Å². The SMILES string of the molecule is Cc1ccc(C)c(OCC(=O)N2CC(C)CC(C(=O)O)C2)c1. The molecule has 1 aliphatic rings. The van der Waals surface area contributed by atoms with Crippen LogP contribution >= 0.6 is 0 Å². The number of rotatable bonds is 4. The number of hydrogen-bond acceptors (Lipinski definition) is 3. The standard InChI is InChI=1S/C17H23NO4/c1-11-4-5-13(3)15(7-11)22-10-16(19)18-8-12(2)6-14(9-18)17(20)21/h4-5,7,12,14H,6,8-10H2,1-3H3,(H,20,21). The molecule has 1 saturated heterocycles. The van der Waals surface area contributed by atoms with Gasteiger partial charge in [0.1, 0.15) is 5.75 Å². The van der Waals surface area contributed by atoms with Crippen LogP contribution in [0.1, 0.15) is 24.5 Å². The smallest absolute Gasteiger partial charge is 0.308 e. The largest absolute Gasteiger partial charge is 0.483 e. The van der Waals surface area contributed by atoms with Crippen molar-refractivity contribution >= 4 is 11.9 Å². The molecule has 2 unspecified atom stereocenters. The molecule has 0 spiro atoms. The lowest BCUT2D eigenvalue weighted by atomic mass is 9.90. The predicted octanol–water partition coefficient (Wildman–Crippen LogP) is 2.25. The van der Waals surface area contributed by atoms with Gasteiger partial charge >= 0.3 is 5.97 Å². The zero-order valence-electron chi connectivity index (χ0n) is 13.3. The Morgan fingerprint density at radius 3 is 2.73 bits per heavy atom. The lowest BCUT2D eigenvalue weighted by Crippen LogP contribution is -2.47. The molecule has 1 heterocycles. The molecule has 1 aliphatic heterocycles. The highest BCUT2D eigenvalue weighted by molar-refractivity contribution is 5.79. The first-order valence-electron chi connectivity index (χ1n) is 7.57. The lowest BCUT2D eigenvalue weighted by Gasteiger charge is -2.34. The average molecular weight is 305 g/mol. The number of nitrogens with zero attached hydrogens (tertiary/aromatic N) is 1. The van der Waals surface area contributed by atoms with Crippen molar-refractivity contribution in [3.8, 4) is 5.75 Å². The highest BCUT2D eigenvalue weighted by Crippen LogP contribution is 2.23. The fourth-order valence-corrected chi connectivity index (χ4v) is 2.83. The van der Waals surface area contributed by atoms with Gasteiger partial charge in [-0.25, -0.2) is 0 Å². The molecule has 1 amide bonds. The summed E-state index contributed by atoms with van der Waals surface area (Å²) in [5.74, 6) is -0.570. The molecule has 0 aromatic heterocycles. The quantitative estimate of drug-likeness (QED) is 0.926. The molecule has 0 bridgehead atoms. The third-order valence-electron chi connectivity index (χ3n) is 4.06. The van der Waals surface area contributed by atoms with E-state index < -0.39 is 11.9 Å². The van der Waals surface area contributed by atoms with E-state index >= 15 is 0 Å². The average Bonchev–Trinajstić information content (AvgIpc) is 2.47. The van der Waals surface area contributed by atoms with E-state index in [4.69, 9.17) is 9.84 Å². The molecule has 1 aromatic carbocycles. The zero-order valence-corrected chi connectivity index (χ0v) is 13.3. The minimum atomic E-state index is -0.834. The number of aliphatic carboxylic acids is 1. The number of hydrogen-bond donors (Lipinski definition) is 1. The van der Waals surface area contributed by atoms with Gasteiger partial charge in [0.2, 0.25) is 0 Å². The van der Waals surface area contributed by atoms with Crippen molar-refractivity contribution in [1.29, 1.82) is 0 Å². The number of carboxylic acids is 1. The Hall–Kier alpha value is -2.04. The number of carbonyl (C=O) groups excluding carboxylic acids is 1. The van der Waals surface area contributed by atoms with Gasteiger partial charge < -0.3 is 14.7 Å². The van der Waals surface area contributed by atoms with E-state index in [1.54, 1.807) is 4.90 Å². The van der Waals surface area contributed by atoms with Crippen LogP contribution in [0, 0.1) is 25.7 Å². The van der Waals surface area contributed by atoms with Crippen LogP contribution in [0.2, 0.25) is 0 Å². The van der Waals surface area contributed by atoms with Gasteiger partial charge in [0, 0.05) is 13.1 Å². The summed E-state index contributed by atoms with van der Waals surface area (Å²) in [4.78, 5) is 25.1. The Bertz CT molecular complexity index is 570. The number of benzene rings is 1. The predicted molar refractivity (Wildman–Crippen MR) is 82.9 cm³/mol. The van der Waals surface area contributed by atoms with Crippen molar-refractivity contribution in [2.24, 2.45) is 11.8 Å². The molecule has 2 atom stereocenters. The van der Waals surface area contributed by atoms with Crippen LogP contribution in [-0.2, 0) is 9.59 Å². The number of carbonyl (C=O) groups is 2. The minimum Gasteiger partial charge on any atom is -0.483 e. The maximum Gasteiger partial charge on any atom is 0.308 e. The van der Waals surface area contributed by atoms with Crippen molar-refractivity contribution in [2.45, 2.75) is 27.2 Å². The Morgan fingerprint density at radius 1 is 1.32 bits per heavy atom. The Balaban J connectivity index is 1.96. The second-order valence-corrected chi connectivity index (χ2v) is 6.23. The third kappa shape index (κ3) is 4.00. The van der Waals surface area contributed by atoms with Crippen LogP contribution < -0.4 is 4.74 Å². The summed E-state index contributed by atoms with van der Waals surface area (Å²) < 4.78 is 5.62. The molecule has 5 nitrogen and oxygen atoms in total. The van der Waals surface area contributed by atoms with E-state index in [2.05, 4.69) is 0 Å². The highest BCUT2D eigenvalue weighted by Gasteiger charge is 2.31. The van der Waals surface area contributed by atoms with Crippen LogP contribution in [0.3, 0.4) is 0 Å². The van der Waals surface area contributed by atoms with Gasteiger partial charge in [-0.2, -0.15) is 0 Å². The van der Waals surface area contributed by atoms with Gasteiger partial charge in [-0.3, -0.25) is 9.59 Å². The van der Waals surface area contributed by atoms with Crippen LogP contribution in [0.4, 0.5) is 0 Å². The monoisotopic (exact) mass is 305 g/mol. The van der Waals surface area contributed by atoms with Crippen LogP contribution in [0.5, 0.6) is 5.75 Å². The fourth-order valence-electron chi connectivity index (χ4n) is 2.83. The zero-order chi connectivity index (χ0) is 16.3. The Morgan fingerprint density at radius 2 is 2.05 bits per heavy atom. The van der Waals surface area contributed by atoms with Gasteiger partial charge in [0.25, 0.3) is 5.91 Å². The van der Waals surface area contributed by atoms with Crippen molar-refractivity contribution in [3.63, 3.8) is 0 Å². The van der Waals surface area contributed by atoms with Gasteiger partial charge in [-0.05, 0) is 43.4 Å². The van der Waals surface area contributed by atoms with E-state index in [0.717, 1.165) is 11.1 Å². The molecule has 1 fully saturated rings. The minimum absolute atomic E-state index is 0.0522. The highest BCUT2D eigenvalue weighted by atomic mass is 16.5. The van der Waals surface area contributed by atoms with E-state index in [9.17, 15) is 9.59 Å². The Labute approximate surface area is 130 Å². The molecule has 5 heteroatoms. The fraction of sp³-hybridized carbons (Fsp3) is 0.529. The summed E-state index contributed by atoms with van der Waals surface area (Å²) >= 11 is 0. The van der Waals surface area contributed by atoms with Crippen molar-refractivity contribution in [2.75, 3.05) is 19.7 Å². The summed E-state index contributed by atoms with van der Waals surface area (Å²) in [5, 5.41) is 9.16. The first-order chi connectivity index (χ1) is 10.4. The number of piperidine rings is 1. The van der Waals surface area contributed by atoms with E-state index in [1.165, 1.54) is 0 Å². The van der Waals surface area contributed by atoms with Gasteiger partial charge in [-0.15, -0.1) is 0 Å². The normalized spacial score (nSPS) is 21.5. The number of likely N-dealkylation sites (tertiary alicyclic amines) is 1. The summed E-state index contributed by atoms with van der Waals surface area (Å²) in [6, 6.07) is 5.86.